The number of nitrogens with one attached hydrogen (secondary N) is 1. The van der Waals surface area contributed by atoms with Crippen LogP contribution in [0.15, 0.2) is 29.3 Å². The third kappa shape index (κ3) is 2.77. The second-order valence-corrected chi connectivity index (χ2v) is 7.49. The van der Waals surface area contributed by atoms with Crippen LogP contribution in [0, 0.1) is 0 Å². The van der Waals surface area contributed by atoms with Crippen LogP contribution in [-0.4, -0.2) is 38.9 Å². The number of fused-ring (bicyclic) bond motifs is 1. The van der Waals surface area contributed by atoms with Crippen LogP contribution >= 0.6 is 11.6 Å². The van der Waals surface area contributed by atoms with E-state index in [1.807, 2.05) is 0 Å². The average molecular weight is 357 g/mol. The molecule has 0 aliphatic carbocycles. The van der Waals surface area contributed by atoms with Crippen LogP contribution in [0.2, 0.25) is 5.02 Å². The zero-order valence-electron chi connectivity index (χ0n) is 12.8. The van der Waals surface area contributed by atoms with E-state index in [0.717, 1.165) is 6.54 Å². The summed E-state index contributed by atoms with van der Waals surface area (Å²) in [6.07, 6.45) is 1.40. The monoisotopic (exact) mass is 356 g/mol. The van der Waals surface area contributed by atoms with Crippen molar-refractivity contribution < 1.29 is 13.2 Å². The lowest BCUT2D eigenvalue weighted by atomic mass is 10.3. The third-order valence-electron chi connectivity index (χ3n) is 3.84. The smallest absolute Gasteiger partial charge is 0.267 e. The predicted octanol–water partition coefficient (Wildman–Crippen LogP) is 1.47. The maximum Gasteiger partial charge on any atom is 0.267 e. The van der Waals surface area contributed by atoms with Gasteiger partial charge in [0.25, 0.3) is 10.0 Å². The zero-order valence-corrected chi connectivity index (χ0v) is 14.4. The Balaban J connectivity index is 1.99. The summed E-state index contributed by atoms with van der Waals surface area (Å²) in [6, 6.07) is 4.85. The van der Waals surface area contributed by atoms with Gasteiger partial charge in [0.05, 0.1) is 36.3 Å². The van der Waals surface area contributed by atoms with Gasteiger partial charge in [0.15, 0.2) is 0 Å². The number of ether oxygens (including phenoxy) is 1. The first-order valence-electron chi connectivity index (χ1n) is 7.03. The quantitative estimate of drug-likeness (QED) is 0.897. The molecule has 3 rings (SSSR count). The number of methoxy groups -OCH3 is 1. The molecular weight excluding hydrogens is 340 g/mol. The molecule has 0 amide bonds. The van der Waals surface area contributed by atoms with Crippen LogP contribution in [0.25, 0.3) is 0 Å². The van der Waals surface area contributed by atoms with Crippen molar-refractivity contribution in [3.8, 4) is 5.75 Å². The minimum Gasteiger partial charge on any atom is -0.495 e. The highest BCUT2D eigenvalue weighted by atomic mass is 35.5. The number of sulfonamides is 1. The van der Waals surface area contributed by atoms with Crippen molar-refractivity contribution in [1.82, 2.24) is 15.1 Å². The lowest BCUT2D eigenvalue weighted by Gasteiger charge is -2.22. The van der Waals surface area contributed by atoms with Gasteiger partial charge in [-0.3, -0.25) is 8.99 Å². The number of hydrogen-bond donors (Lipinski definition) is 1. The lowest BCUT2D eigenvalue weighted by Crippen LogP contribution is -2.32. The Morgan fingerprint density at radius 1 is 1.43 bits per heavy atom. The zero-order chi connectivity index (χ0) is 16.6. The standard InChI is InChI=1S/C14H17ClN4O3S/c1-18(10-3-4-13(22-2)11(15)7-10)23(20,21)14-9-17-19-6-5-16-8-12(14)19/h3-4,7,9,16H,5-6,8H2,1-2H3. The maximum atomic E-state index is 12.9. The van der Waals surface area contributed by atoms with Gasteiger partial charge in [-0.15, -0.1) is 0 Å². The molecule has 0 radical (unpaired) electrons. The van der Waals surface area contributed by atoms with E-state index in [0.29, 0.717) is 35.2 Å². The third-order valence-corrected chi connectivity index (χ3v) is 5.96. The molecule has 2 aromatic rings. The number of nitrogens with zero attached hydrogens (tertiary/aromatic N) is 3. The van der Waals surface area contributed by atoms with Gasteiger partial charge in [-0.25, -0.2) is 8.42 Å². The van der Waals surface area contributed by atoms with Crippen LogP contribution in [0.1, 0.15) is 5.69 Å². The van der Waals surface area contributed by atoms with E-state index >= 15 is 0 Å². The summed E-state index contributed by atoms with van der Waals surface area (Å²) in [6.45, 7) is 1.91. The van der Waals surface area contributed by atoms with Crippen molar-refractivity contribution in [1.29, 1.82) is 0 Å². The Morgan fingerprint density at radius 2 is 2.22 bits per heavy atom. The van der Waals surface area contributed by atoms with Crippen molar-refractivity contribution in [3.05, 3.63) is 35.1 Å². The number of aromatic nitrogens is 2. The van der Waals surface area contributed by atoms with Crippen LogP contribution in [0.5, 0.6) is 5.75 Å². The fraction of sp³-hybridized carbons (Fsp3) is 0.357. The molecule has 1 aliphatic heterocycles. The minimum atomic E-state index is -3.72. The molecule has 0 bridgehead atoms. The molecule has 0 fully saturated rings. The van der Waals surface area contributed by atoms with Crippen LogP contribution in [0.4, 0.5) is 5.69 Å². The van der Waals surface area contributed by atoms with Gasteiger partial charge in [0, 0.05) is 20.1 Å². The molecule has 1 aromatic carbocycles. The van der Waals surface area contributed by atoms with Gasteiger partial charge < -0.3 is 10.1 Å². The Kier molecular flexibility index (Phi) is 4.22. The van der Waals surface area contributed by atoms with Gasteiger partial charge in [-0.1, -0.05) is 11.6 Å². The SMILES string of the molecule is COc1ccc(N(C)S(=O)(=O)c2cnn3c2CNCC3)cc1Cl. The largest absolute Gasteiger partial charge is 0.495 e. The van der Waals surface area contributed by atoms with Gasteiger partial charge in [-0.2, -0.15) is 5.10 Å². The maximum absolute atomic E-state index is 12.9. The molecule has 9 heteroatoms. The highest BCUT2D eigenvalue weighted by Gasteiger charge is 2.29. The molecule has 2 heterocycles. The second kappa shape index (κ2) is 6.03. The minimum absolute atomic E-state index is 0.208. The van der Waals surface area contributed by atoms with Crippen molar-refractivity contribution in [2.75, 3.05) is 25.0 Å². The van der Waals surface area contributed by atoms with Crippen LogP contribution in [-0.2, 0) is 23.1 Å². The van der Waals surface area contributed by atoms with Crippen LogP contribution < -0.4 is 14.4 Å². The van der Waals surface area contributed by atoms with E-state index in [1.54, 1.807) is 22.9 Å². The lowest BCUT2D eigenvalue weighted by molar-refractivity contribution is 0.415. The van der Waals surface area contributed by atoms with Crippen molar-refractivity contribution in [2.24, 2.45) is 0 Å². The van der Waals surface area contributed by atoms with E-state index in [1.165, 1.54) is 24.7 Å². The summed E-state index contributed by atoms with van der Waals surface area (Å²) in [5.74, 6) is 0.494. The molecule has 1 aliphatic rings. The number of hydrogen-bond acceptors (Lipinski definition) is 5. The molecule has 0 spiro atoms. The Bertz CT molecular complexity index is 835. The molecule has 0 saturated carbocycles. The normalized spacial score (nSPS) is 14.4. The summed E-state index contributed by atoms with van der Waals surface area (Å²) >= 11 is 6.09. The topological polar surface area (TPSA) is 76.5 Å². The molecule has 1 N–H and O–H groups in total. The predicted molar refractivity (Wildman–Crippen MR) is 87.5 cm³/mol. The first-order valence-corrected chi connectivity index (χ1v) is 8.85. The molecule has 23 heavy (non-hydrogen) atoms. The number of benzene rings is 1. The number of anilines is 1. The fourth-order valence-corrected chi connectivity index (χ4v) is 4.10. The Morgan fingerprint density at radius 3 is 2.91 bits per heavy atom. The Hall–Kier alpha value is -1.77. The van der Waals surface area contributed by atoms with Gasteiger partial charge in [0.2, 0.25) is 0 Å². The van der Waals surface area contributed by atoms with E-state index < -0.39 is 10.0 Å². The molecule has 124 valence electrons. The first-order chi connectivity index (χ1) is 10.9. The molecule has 0 atom stereocenters. The van der Waals surface area contributed by atoms with E-state index in [-0.39, 0.29) is 4.90 Å². The number of rotatable bonds is 4. The first kappa shape index (κ1) is 16.1. The van der Waals surface area contributed by atoms with E-state index in [4.69, 9.17) is 16.3 Å². The fourth-order valence-electron chi connectivity index (χ4n) is 2.51. The molecule has 1 aromatic heterocycles. The van der Waals surface area contributed by atoms with Crippen LogP contribution in [0.3, 0.4) is 0 Å². The highest BCUT2D eigenvalue weighted by Crippen LogP contribution is 2.31. The number of halogens is 1. The van der Waals surface area contributed by atoms with Crippen molar-refractivity contribution in [2.45, 2.75) is 18.0 Å². The van der Waals surface area contributed by atoms with Gasteiger partial charge in [0.1, 0.15) is 10.6 Å². The van der Waals surface area contributed by atoms with E-state index in [9.17, 15) is 8.42 Å². The summed E-state index contributed by atoms with van der Waals surface area (Å²) in [5.41, 5.74) is 1.13. The molecule has 0 unspecified atom stereocenters. The summed E-state index contributed by atoms with van der Waals surface area (Å²) in [4.78, 5) is 0.208. The van der Waals surface area contributed by atoms with Crippen molar-refractivity contribution in [3.63, 3.8) is 0 Å². The summed E-state index contributed by atoms with van der Waals surface area (Å²) in [7, 11) is -0.715. The average Bonchev–Trinajstić information content (AvgIpc) is 2.98. The van der Waals surface area contributed by atoms with E-state index in [2.05, 4.69) is 10.4 Å². The highest BCUT2D eigenvalue weighted by molar-refractivity contribution is 7.92. The molecule has 0 saturated heterocycles. The van der Waals surface area contributed by atoms with Gasteiger partial charge in [-0.05, 0) is 18.2 Å². The second-order valence-electron chi connectivity index (χ2n) is 5.15. The summed E-state index contributed by atoms with van der Waals surface area (Å²) in [5, 5.41) is 7.68. The van der Waals surface area contributed by atoms with Gasteiger partial charge >= 0.3 is 0 Å². The van der Waals surface area contributed by atoms with Crippen molar-refractivity contribution >= 4 is 27.3 Å². The Labute approximate surface area is 139 Å². The summed E-state index contributed by atoms with van der Waals surface area (Å²) < 4.78 is 33.8. The molecular formula is C14H17ClN4O3S. The molecule has 7 nitrogen and oxygen atoms in total.